The highest BCUT2D eigenvalue weighted by atomic mass is 79.9. The highest BCUT2D eigenvalue weighted by Crippen LogP contribution is 2.30. The second kappa shape index (κ2) is 5.34. The van der Waals surface area contributed by atoms with E-state index in [2.05, 4.69) is 25.9 Å². The van der Waals surface area contributed by atoms with Crippen molar-refractivity contribution in [3.63, 3.8) is 0 Å². The maximum Gasteiger partial charge on any atom is 0.156 e. The van der Waals surface area contributed by atoms with E-state index in [1.807, 2.05) is 6.07 Å². The third-order valence-corrected chi connectivity index (χ3v) is 3.37. The first-order chi connectivity index (χ1) is 9.63. The smallest absolute Gasteiger partial charge is 0.156 e. The van der Waals surface area contributed by atoms with Crippen molar-refractivity contribution in [2.45, 2.75) is 0 Å². The first kappa shape index (κ1) is 13.3. The fourth-order valence-electron chi connectivity index (χ4n) is 1.73. The third-order valence-electron chi connectivity index (χ3n) is 2.63. The molecule has 0 bridgehead atoms. The molecule has 1 aromatic carbocycles. The molecule has 0 aliphatic rings. The Labute approximate surface area is 127 Å². The lowest BCUT2D eigenvalue weighted by molar-refractivity contribution is 0.480. The van der Waals surface area contributed by atoms with Crippen LogP contribution in [0.15, 0.2) is 47.2 Å². The Bertz CT molecular complexity index is 797. The molecule has 3 nitrogen and oxygen atoms in total. The molecule has 0 radical (unpaired) electrons. The van der Waals surface area contributed by atoms with Crippen LogP contribution in [0.5, 0.6) is 11.5 Å². The van der Waals surface area contributed by atoms with Crippen LogP contribution in [-0.4, -0.2) is 9.97 Å². The van der Waals surface area contributed by atoms with Crippen LogP contribution in [0.3, 0.4) is 0 Å². The lowest BCUT2D eigenvalue weighted by Crippen LogP contribution is -1.90. The maximum atomic E-state index is 13.4. The molecule has 0 unspecified atom stereocenters. The molecule has 0 aliphatic carbocycles. The molecule has 0 atom stereocenters. The zero-order valence-corrected chi connectivity index (χ0v) is 12.3. The summed E-state index contributed by atoms with van der Waals surface area (Å²) in [6.07, 6.45) is 3.26. The van der Waals surface area contributed by atoms with Gasteiger partial charge >= 0.3 is 0 Å². The van der Waals surface area contributed by atoms with Crippen LogP contribution < -0.4 is 4.74 Å². The second-order valence-electron chi connectivity index (χ2n) is 4.01. The van der Waals surface area contributed by atoms with Crippen LogP contribution in [0.4, 0.5) is 4.39 Å². The van der Waals surface area contributed by atoms with Gasteiger partial charge in [0.1, 0.15) is 17.1 Å². The van der Waals surface area contributed by atoms with Gasteiger partial charge in [-0.1, -0.05) is 11.6 Å². The summed E-state index contributed by atoms with van der Waals surface area (Å²) in [5, 5.41) is 0.0546. The zero-order chi connectivity index (χ0) is 14.1. The van der Waals surface area contributed by atoms with Crippen molar-refractivity contribution in [1.29, 1.82) is 0 Å². The molecule has 6 heteroatoms. The zero-order valence-electron chi connectivity index (χ0n) is 9.98. The predicted octanol–water partition coefficient (Wildman–Crippen LogP) is 4.98. The van der Waals surface area contributed by atoms with Gasteiger partial charge in [-0.05, 0) is 34.1 Å². The largest absolute Gasteiger partial charge is 0.455 e. The van der Waals surface area contributed by atoms with Gasteiger partial charge in [0.15, 0.2) is 5.75 Å². The molecule has 0 spiro atoms. The van der Waals surface area contributed by atoms with E-state index >= 15 is 0 Å². The molecule has 0 saturated heterocycles. The summed E-state index contributed by atoms with van der Waals surface area (Å²) in [7, 11) is 0. The van der Waals surface area contributed by atoms with Crippen LogP contribution in [-0.2, 0) is 0 Å². The number of halogens is 3. The first-order valence-electron chi connectivity index (χ1n) is 5.66. The second-order valence-corrected chi connectivity index (χ2v) is 5.33. The van der Waals surface area contributed by atoms with Gasteiger partial charge in [-0.2, -0.15) is 0 Å². The van der Waals surface area contributed by atoms with Crippen molar-refractivity contribution in [3.8, 4) is 11.5 Å². The minimum absolute atomic E-state index is 0.0546. The van der Waals surface area contributed by atoms with Crippen LogP contribution >= 0.6 is 27.5 Å². The summed E-state index contributed by atoms with van der Waals surface area (Å²) in [6, 6.07) is 7.77. The Morgan fingerprint density at radius 2 is 2.00 bits per heavy atom. The number of benzene rings is 1. The van der Waals surface area contributed by atoms with Crippen molar-refractivity contribution in [2.24, 2.45) is 0 Å². The number of hydrogen-bond acceptors (Lipinski definition) is 3. The van der Waals surface area contributed by atoms with E-state index in [1.165, 1.54) is 12.1 Å². The average molecular weight is 354 g/mol. The highest BCUT2D eigenvalue weighted by molar-refractivity contribution is 9.10. The van der Waals surface area contributed by atoms with Gasteiger partial charge in [0.05, 0.1) is 10.5 Å². The van der Waals surface area contributed by atoms with E-state index < -0.39 is 5.82 Å². The molecule has 100 valence electrons. The summed E-state index contributed by atoms with van der Waals surface area (Å²) in [5.74, 6) is 0.326. The molecule has 0 N–H and O–H groups in total. The molecular weight excluding hydrogens is 347 g/mol. The van der Waals surface area contributed by atoms with Gasteiger partial charge in [0.25, 0.3) is 0 Å². The van der Waals surface area contributed by atoms with Gasteiger partial charge in [-0.25, -0.2) is 9.37 Å². The number of aromatic nitrogens is 2. The van der Waals surface area contributed by atoms with Crippen molar-refractivity contribution in [3.05, 3.63) is 58.0 Å². The molecule has 2 aromatic heterocycles. The average Bonchev–Trinajstić information content (AvgIpc) is 2.43. The normalized spacial score (nSPS) is 10.8. The Kier molecular flexibility index (Phi) is 3.54. The molecule has 20 heavy (non-hydrogen) atoms. The van der Waals surface area contributed by atoms with Crippen LogP contribution in [0.25, 0.3) is 11.0 Å². The fourth-order valence-corrected chi connectivity index (χ4v) is 2.17. The molecule has 2 heterocycles. The van der Waals surface area contributed by atoms with E-state index in [4.69, 9.17) is 16.3 Å². The molecule has 3 aromatic rings. The van der Waals surface area contributed by atoms with E-state index in [-0.39, 0.29) is 5.02 Å². The monoisotopic (exact) mass is 352 g/mol. The van der Waals surface area contributed by atoms with Crippen molar-refractivity contribution >= 4 is 38.6 Å². The molecule has 0 saturated carbocycles. The van der Waals surface area contributed by atoms with Gasteiger partial charge in [0, 0.05) is 29.0 Å². The van der Waals surface area contributed by atoms with E-state index in [1.54, 1.807) is 24.5 Å². The van der Waals surface area contributed by atoms with Gasteiger partial charge in [-0.15, -0.1) is 0 Å². The third kappa shape index (κ3) is 2.59. The lowest BCUT2D eigenvalue weighted by Gasteiger charge is -2.08. The van der Waals surface area contributed by atoms with Crippen molar-refractivity contribution in [1.82, 2.24) is 9.97 Å². The minimum atomic E-state index is -0.529. The Morgan fingerprint density at radius 3 is 2.80 bits per heavy atom. The molecule has 0 fully saturated rings. The SMILES string of the molecule is Fc1cc(Oc2ccnc3cc(Br)cnc23)ccc1Cl. The summed E-state index contributed by atoms with van der Waals surface area (Å²) in [6.45, 7) is 0. The molecular formula is C14H7BrClFN2O. The highest BCUT2D eigenvalue weighted by Gasteiger charge is 2.08. The van der Waals surface area contributed by atoms with Crippen LogP contribution in [0, 0.1) is 5.82 Å². The lowest BCUT2D eigenvalue weighted by atomic mass is 10.3. The summed E-state index contributed by atoms with van der Waals surface area (Å²) in [4.78, 5) is 8.47. The van der Waals surface area contributed by atoms with Gasteiger partial charge < -0.3 is 4.74 Å². The Balaban J connectivity index is 2.04. The van der Waals surface area contributed by atoms with Gasteiger partial charge in [0.2, 0.25) is 0 Å². The topological polar surface area (TPSA) is 35.0 Å². The summed E-state index contributed by atoms with van der Waals surface area (Å²) >= 11 is 8.97. The summed E-state index contributed by atoms with van der Waals surface area (Å²) in [5.41, 5.74) is 1.29. The van der Waals surface area contributed by atoms with Crippen LogP contribution in [0.2, 0.25) is 5.02 Å². The standard InChI is InChI=1S/C14H7BrClFN2O/c15-8-5-12-14(19-7-8)13(3-4-18-12)20-9-1-2-10(16)11(17)6-9/h1-7H. The number of fused-ring (bicyclic) bond motifs is 1. The van der Waals surface area contributed by atoms with Crippen molar-refractivity contribution < 1.29 is 9.13 Å². The van der Waals surface area contributed by atoms with Crippen LogP contribution in [0.1, 0.15) is 0 Å². The Morgan fingerprint density at radius 1 is 1.15 bits per heavy atom. The van der Waals surface area contributed by atoms with Gasteiger partial charge in [-0.3, -0.25) is 4.98 Å². The van der Waals surface area contributed by atoms with Crippen molar-refractivity contribution in [2.75, 3.05) is 0 Å². The molecule has 0 aliphatic heterocycles. The number of nitrogens with zero attached hydrogens (tertiary/aromatic N) is 2. The van der Waals surface area contributed by atoms with E-state index in [9.17, 15) is 4.39 Å². The molecule has 0 amide bonds. The predicted molar refractivity (Wildman–Crippen MR) is 78.7 cm³/mol. The first-order valence-corrected chi connectivity index (χ1v) is 6.84. The number of pyridine rings is 2. The summed E-state index contributed by atoms with van der Waals surface area (Å²) < 4.78 is 19.9. The maximum absolute atomic E-state index is 13.4. The minimum Gasteiger partial charge on any atom is -0.455 e. The molecule has 3 rings (SSSR count). The number of ether oxygens (including phenoxy) is 1. The fraction of sp³-hybridized carbons (Fsp3) is 0. The quantitative estimate of drug-likeness (QED) is 0.652. The van der Waals surface area contributed by atoms with E-state index in [0.29, 0.717) is 22.5 Å². The van der Waals surface area contributed by atoms with E-state index in [0.717, 1.165) is 4.47 Å². The number of hydrogen-bond donors (Lipinski definition) is 0. The Hall–Kier alpha value is -1.72. The number of rotatable bonds is 2.